The predicted molar refractivity (Wildman–Crippen MR) is 177 cm³/mol. The minimum Gasteiger partial charge on any atom is -0.172 e. The lowest BCUT2D eigenvalue weighted by Crippen LogP contribution is -1.93. The van der Waals surface area contributed by atoms with E-state index in [4.69, 9.17) is 8.75 Å². The van der Waals surface area contributed by atoms with Gasteiger partial charge in [0, 0.05) is 30.6 Å². The highest BCUT2D eigenvalue weighted by molar-refractivity contribution is 7.16. The minimum absolute atomic E-state index is 0.547. The molecule has 0 aliphatic rings. The number of hydrogen-bond acceptors (Lipinski definition) is 5. The molecule has 0 saturated heterocycles. The first-order valence-corrected chi connectivity index (χ1v) is 17.7. The van der Waals surface area contributed by atoms with E-state index in [0.717, 1.165) is 11.0 Å². The second-order valence-electron chi connectivity index (χ2n) is 11.9. The molecule has 0 aliphatic heterocycles. The lowest BCUT2D eigenvalue weighted by Gasteiger charge is -2.13. The molecule has 39 heavy (non-hydrogen) atoms. The van der Waals surface area contributed by atoms with E-state index in [1.807, 2.05) is 22.7 Å². The van der Waals surface area contributed by atoms with E-state index >= 15 is 0 Å². The molecule has 212 valence electrons. The maximum Gasteiger partial charge on any atom is 0.114 e. The third-order valence-electron chi connectivity index (χ3n) is 8.10. The van der Waals surface area contributed by atoms with Crippen LogP contribution in [-0.4, -0.2) is 8.75 Å². The number of thiophene rings is 2. The van der Waals surface area contributed by atoms with Gasteiger partial charge < -0.3 is 0 Å². The Labute approximate surface area is 249 Å². The van der Waals surface area contributed by atoms with Crippen molar-refractivity contribution < 1.29 is 0 Å². The van der Waals surface area contributed by atoms with Crippen molar-refractivity contribution in [2.24, 2.45) is 0 Å². The standard InChI is InChI=1S/C34H48N2S3/c1-9-11-13-15-17-25-19-27(37-33(25)21(3)4)29-23(7)24(8)30(32-31(29)35-39-36-32)28-20-26(18-16-14-12-10-2)34(38-28)22(5)6/h19-22H,9-18H2,1-8H3. The SMILES string of the molecule is CCCCCCc1cc(-c2c(C)c(C)c(-c3cc(CCCCCC)c(C(C)C)s3)c3nsnc23)sc1C(C)C. The molecule has 0 radical (unpaired) electrons. The first-order valence-electron chi connectivity index (χ1n) is 15.3. The average Bonchev–Trinajstić information content (AvgIpc) is 3.64. The highest BCUT2D eigenvalue weighted by Gasteiger charge is 2.25. The number of rotatable bonds is 14. The third-order valence-corrected chi connectivity index (χ3v) is 11.6. The number of fused-ring (bicyclic) bond motifs is 1. The van der Waals surface area contributed by atoms with Crippen LogP contribution in [0.25, 0.3) is 31.9 Å². The highest BCUT2D eigenvalue weighted by atomic mass is 32.1. The number of aromatic nitrogens is 2. The first kappa shape index (κ1) is 30.4. The van der Waals surface area contributed by atoms with Gasteiger partial charge in [-0.15, -0.1) is 22.7 Å². The van der Waals surface area contributed by atoms with E-state index < -0.39 is 0 Å². The number of nitrogens with zero attached hydrogens (tertiary/aromatic N) is 2. The molecule has 0 bridgehead atoms. The van der Waals surface area contributed by atoms with Crippen molar-refractivity contribution in [1.29, 1.82) is 0 Å². The van der Waals surface area contributed by atoms with Crippen molar-refractivity contribution in [3.05, 3.63) is 44.1 Å². The second kappa shape index (κ2) is 13.9. The van der Waals surface area contributed by atoms with Gasteiger partial charge in [0.2, 0.25) is 0 Å². The zero-order valence-electron chi connectivity index (χ0n) is 25.5. The predicted octanol–water partition coefficient (Wildman–Crippen LogP) is 12.3. The molecule has 2 nitrogen and oxygen atoms in total. The Morgan fingerprint density at radius 1 is 0.615 bits per heavy atom. The molecule has 0 spiro atoms. The van der Waals surface area contributed by atoms with Crippen molar-refractivity contribution in [1.82, 2.24) is 8.75 Å². The number of aryl methyl sites for hydroxylation is 2. The molecule has 0 saturated carbocycles. The van der Waals surface area contributed by atoms with E-state index in [0.29, 0.717) is 11.8 Å². The van der Waals surface area contributed by atoms with Crippen molar-refractivity contribution >= 4 is 45.4 Å². The molecule has 0 fully saturated rings. The van der Waals surface area contributed by atoms with Gasteiger partial charge in [-0.05, 0) is 85.8 Å². The Hall–Kier alpha value is -1.56. The summed E-state index contributed by atoms with van der Waals surface area (Å²) in [6.45, 7) is 18.6. The van der Waals surface area contributed by atoms with Crippen LogP contribution < -0.4 is 0 Å². The van der Waals surface area contributed by atoms with Crippen molar-refractivity contribution in [3.63, 3.8) is 0 Å². The molecule has 1 aromatic carbocycles. The molecule has 4 aromatic rings. The lowest BCUT2D eigenvalue weighted by molar-refractivity contribution is 0.664. The minimum atomic E-state index is 0.547. The average molecular weight is 581 g/mol. The number of benzene rings is 1. The topological polar surface area (TPSA) is 25.8 Å². The van der Waals surface area contributed by atoms with Crippen LogP contribution in [0.1, 0.15) is 137 Å². The summed E-state index contributed by atoms with van der Waals surface area (Å²) in [6.07, 6.45) is 12.8. The number of unbranched alkanes of at least 4 members (excludes halogenated alkanes) is 6. The Morgan fingerprint density at radius 2 is 1.03 bits per heavy atom. The van der Waals surface area contributed by atoms with Gasteiger partial charge in [-0.1, -0.05) is 80.1 Å². The van der Waals surface area contributed by atoms with Gasteiger partial charge in [0.25, 0.3) is 0 Å². The summed E-state index contributed by atoms with van der Waals surface area (Å²) in [4.78, 5) is 5.84. The van der Waals surface area contributed by atoms with E-state index in [1.165, 1.54) is 108 Å². The molecular formula is C34H48N2S3. The van der Waals surface area contributed by atoms with Crippen LogP contribution in [0.5, 0.6) is 0 Å². The Bertz CT molecular complexity index is 1270. The largest absolute Gasteiger partial charge is 0.172 e. The molecule has 0 unspecified atom stereocenters. The molecule has 0 N–H and O–H groups in total. The normalized spacial score (nSPS) is 12.1. The summed E-state index contributed by atoms with van der Waals surface area (Å²) in [5, 5.41) is 0. The van der Waals surface area contributed by atoms with Crippen LogP contribution in [0.4, 0.5) is 0 Å². The van der Waals surface area contributed by atoms with Crippen LogP contribution in [-0.2, 0) is 12.8 Å². The maximum atomic E-state index is 4.93. The molecule has 4 rings (SSSR count). The van der Waals surface area contributed by atoms with Crippen LogP contribution in [0.15, 0.2) is 12.1 Å². The summed E-state index contributed by atoms with van der Waals surface area (Å²) < 4.78 is 9.86. The zero-order valence-corrected chi connectivity index (χ0v) is 27.9. The van der Waals surface area contributed by atoms with Crippen LogP contribution in [0, 0.1) is 13.8 Å². The molecule has 0 amide bonds. The van der Waals surface area contributed by atoms with Crippen LogP contribution in [0.2, 0.25) is 0 Å². The smallest absolute Gasteiger partial charge is 0.114 e. The van der Waals surface area contributed by atoms with E-state index in [1.54, 1.807) is 20.9 Å². The first-order chi connectivity index (χ1) is 18.8. The van der Waals surface area contributed by atoms with Gasteiger partial charge in [-0.2, -0.15) is 8.75 Å². The highest BCUT2D eigenvalue weighted by Crippen LogP contribution is 2.47. The van der Waals surface area contributed by atoms with Crippen molar-refractivity contribution in [2.45, 2.75) is 131 Å². The number of hydrogen-bond donors (Lipinski definition) is 0. The fourth-order valence-corrected chi connectivity index (χ4v) is 9.03. The van der Waals surface area contributed by atoms with Crippen molar-refractivity contribution in [2.75, 3.05) is 0 Å². The Kier molecular flexibility index (Phi) is 10.8. The lowest BCUT2D eigenvalue weighted by atomic mass is 9.92. The quantitative estimate of drug-likeness (QED) is 0.139. The fourth-order valence-electron chi connectivity index (χ4n) is 5.83. The second-order valence-corrected chi connectivity index (χ2v) is 14.6. The van der Waals surface area contributed by atoms with Gasteiger partial charge >= 0.3 is 0 Å². The molecule has 0 aliphatic carbocycles. The molecule has 0 atom stereocenters. The van der Waals surface area contributed by atoms with Gasteiger partial charge in [-0.3, -0.25) is 0 Å². The van der Waals surface area contributed by atoms with Gasteiger partial charge in [0.15, 0.2) is 0 Å². The molecule has 3 aromatic heterocycles. The fraction of sp³-hybridized carbons (Fsp3) is 0.588. The van der Waals surface area contributed by atoms with Crippen LogP contribution >= 0.6 is 34.4 Å². The van der Waals surface area contributed by atoms with Gasteiger partial charge in [0.1, 0.15) is 11.0 Å². The van der Waals surface area contributed by atoms with Crippen LogP contribution in [0.3, 0.4) is 0 Å². The maximum absolute atomic E-state index is 4.93. The van der Waals surface area contributed by atoms with E-state index in [9.17, 15) is 0 Å². The van der Waals surface area contributed by atoms with E-state index in [-0.39, 0.29) is 0 Å². The monoisotopic (exact) mass is 580 g/mol. The molecule has 3 heterocycles. The summed E-state index contributed by atoms with van der Waals surface area (Å²) in [7, 11) is 0. The van der Waals surface area contributed by atoms with E-state index in [2.05, 4.69) is 67.5 Å². The molecule has 5 heteroatoms. The Balaban J connectivity index is 1.78. The summed E-state index contributed by atoms with van der Waals surface area (Å²) in [5.41, 5.74) is 10.6. The Morgan fingerprint density at radius 3 is 1.38 bits per heavy atom. The summed E-state index contributed by atoms with van der Waals surface area (Å²) in [5.74, 6) is 1.09. The van der Waals surface area contributed by atoms with Crippen molar-refractivity contribution in [3.8, 4) is 20.9 Å². The summed E-state index contributed by atoms with van der Waals surface area (Å²) >= 11 is 5.35. The third kappa shape index (κ3) is 6.68. The van der Waals surface area contributed by atoms with Gasteiger partial charge in [0.05, 0.1) is 11.7 Å². The zero-order chi connectivity index (χ0) is 28.1. The molecular weight excluding hydrogens is 533 g/mol. The van der Waals surface area contributed by atoms with Gasteiger partial charge in [-0.25, -0.2) is 0 Å². The summed E-state index contributed by atoms with van der Waals surface area (Å²) in [6, 6.07) is 4.98.